The molecule has 1 saturated carbocycles. The smallest absolute Gasteiger partial charge is 0.263 e. The molecule has 1 aliphatic carbocycles. The summed E-state index contributed by atoms with van der Waals surface area (Å²) in [6, 6.07) is 20.2. The zero-order valence-corrected chi connectivity index (χ0v) is 17.3. The maximum Gasteiger partial charge on any atom is 0.263 e. The second kappa shape index (κ2) is 7.46. The zero-order chi connectivity index (χ0) is 20.7. The Bertz CT molecular complexity index is 1230. The van der Waals surface area contributed by atoms with Gasteiger partial charge in [0.25, 0.3) is 5.91 Å². The Balaban J connectivity index is 1.71. The number of methoxy groups -OCH3 is 1. The maximum atomic E-state index is 12.7. The fraction of sp³-hybridized carbons (Fsp3) is 0.167. The predicted molar refractivity (Wildman–Crippen MR) is 122 cm³/mol. The first-order chi connectivity index (χ1) is 14.6. The van der Waals surface area contributed by atoms with E-state index >= 15 is 0 Å². The fourth-order valence-electron chi connectivity index (χ4n) is 3.52. The summed E-state index contributed by atoms with van der Waals surface area (Å²) in [7, 11) is 1.65. The van der Waals surface area contributed by atoms with Crippen LogP contribution in [0.1, 0.15) is 22.5 Å². The molecule has 0 unspecified atom stereocenters. The molecule has 30 heavy (non-hydrogen) atoms. The van der Waals surface area contributed by atoms with Gasteiger partial charge in [-0.15, -0.1) is 11.3 Å². The molecule has 5 nitrogen and oxygen atoms in total. The van der Waals surface area contributed by atoms with Crippen LogP contribution in [0.25, 0.3) is 32.6 Å². The number of thiophene rings is 1. The van der Waals surface area contributed by atoms with E-state index in [1.807, 2.05) is 60.7 Å². The van der Waals surface area contributed by atoms with Gasteiger partial charge in [-0.2, -0.15) is 0 Å². The van der Waals surface area contributed by atoms with Gasteiger partial charge in [-0.1, -0.05) is 42.5 Å². The zero-order valence-electron chi connectivity index (χ0n) is 16.5. The number of hydrogen-bond acceptors (Lipinski definition) is 5. The Morgan fingerprint density at radius 3 is 2.50 bits per heavy atom. The van der Waals surface area contributed by atoms with Gasteiger partial charge in [-0.25, -0.2) is 4.98 Å². The minimum absolute atomic E-state index is 0.111. The average Bonchev–Trinajstić information content (AvgIpc) is 3.54. The molecule has 0 aliphatic heterocycles. The maximum absolute atomic E-state index is 12.7. The minimum Gasteiger partial charge on any atom is -0.497 e. The number of ether oxygens (including phenoxy) is 1. The van der Waals surface area contributed by atoms with E-state index in [1.54, 1.807) is 7.11 Å². The van der Waals surface area contributed by atoms with E-state index in [9.17, 15) is 4.79 Å². The lowest BCUT2D eigenvalue weighted by Gasteiger charge is -2.10. The molecule has 4 aromatic rings. The lowest BCUT2D eigenvalue weighted by molar-refractivity contribution is 0.0956. The lowest BCUT2D eigenvalue weighted by Crippen LogP contribution is -2.25. The summed E-state index contributed by atoms with van der Waals surface area (Å²) in [4.78, 5) is 18.9. The van der Waals surface area contributed by atoms with Crippen LogP contribution in [-0.4, -0.2) is 24.0 Å². The number of amides is 1. The first-order valence-electron chi connectivity index (χ1n) is 9.88. The molecule has 0 atom stereocenters. The number of anilines is 1. The molecule has 6 heteroatoms. The number of hydrogen-bond donors (Lipinski definition) is 2. The van der Waals surface area contributed by atoms with Crippen LogP contribution in [0, 0.1) is 0 Å². The van der Waals surface area contributed by atoms with E-state index in [2.05, 4.69) is 5.32 Å². The van der Waals surface area contributed by atoms with Crippen molar-refractivity contribution in [1.29, 1.82) is 0 Å². The van der Waals surface area contributed by atoms with Gasteiger partial charge in [-0.3, -0.25) is 4.79 Å². The van der Waals surface area contributed by atoms with Crippen LogP contribution in [0.2, 0.25) is 0 Å². The van der Waals surface area contributed by atoms with Crippen LogP contribution >= 0.6 is 11.3 Å². The summed E-state index contributed by atoms with van der Waals surface area (Å²) in [5, 5.41) is 3.86. The highest BCUT2D eigenvalue weighted by Gasteiger charge is 2.27. The van der Waals surface area contributed by atoms with Crippen LogP contribution in [0.15, 0.2) is 60.7 Å². The van der Waals surface area contributed by atoms with Gasteiger partial charge in [-0.05, 0) is 42.2 Å². The third-order valence-corrected chi connectivity index (χ3v) is 6.39. The van der Waals surface area contributed by atoms with Crippen LogP contribution < -0.4 is 15.8 Å². The largest absolute Gasteiger partial charge is 0.497 e. The van der Waals surface area contributed by atoms with Crippen molar-refractivity contribution < 1.29 is 9.53 Å². The topological polar surface area (TPSA) is 77.2 Å². The second-order valence-corrected chi connectivity index (χ2v) is 8.42. The predicted octanol–water partition coefficient (Wildman–Crippen LogP) is 5.11. The van der Waals surface area contributed by atoms with E-state index in [0.717, 1.165) is 51.2 Å². The summed E-state index contributed by atoms with van der Waals surface area (Å²) in [5.41, 5.74) is 10.8. The molecule has 1 fully saturated rings. The fourth-order valence-corrected chi connectivity index (χ4v) is 4.55. The van der Waals surface area contributed by atoms with Gasteiger partial charge in [0.1, 0.15) is 15.5 Å². The molecule has 3 N–H and O–H groups in total. The average molecular weight is 416 g/mol. The van der Waals surface area contributed by atoms with Crippen molar-refractivity contribution in [1.82, 2.24) is 10.3 Å². The third kappa shape index (κ3) is 3.39. The molecule has 0 radical (unpaired) electrons. The molecule has 5 rings (SSSR count). The molecule has 0 spiro atoms. The highest BCUT2D eigenvalue weighted by Crippen LogP contribution is 2.41. The number of nitrogen functional groups attached to an aromatic ring is 1. The van der Waals surface area contributed by atoms with Crippen molar-refractivity contribution in [3.8, 4) is 28.1 Å². The highest BCUT2D eigenvalue weighted by atomic mass is 32.1. The summed E-state index contributed by atoms with van der Waals surface area (Å²) >= 11 is 1.35. The van der Waals surface area contributed by atoms with Gasteiger partial charge in [0.05, 0.1) is 18.5 Å². The van der Waals surface area contributed by atoms with Gasteiger partial charge < -0.3 is 15.8 Å². The van der Waals surface area contributed by atoms with Crippen molar-refractivity contribution in [2.24, 2.45) is 0 Å². The number of rotatable bonds is 5. The Morgan fingerprint density at radius 1 is 1.10 bits per heavy atom. The summed E-state index contributed by atoms with van der Waals surface area (Å²) in [6.45, 7) is 0. The number of carbonyl (C=O) groups is 1. The molecule has 0 saturated heterocycles. The molecule has 2 heterocycles. The van der Waals surface area contributed by atoms with Crippen LogP contribution in [0.3, 0.4) is 0 Å². The minimum atomic E-state index is -0.111. The SMILES string of the molecule is COc1ccc(-c2cc(-c3ccccc3)nc3sc(C(=O)NC4CC4)c(N)c23)cc1. The number of aromatic nitrogens is 1. The number of benzene rings is 2. The lowest BCUT2D eigenvalue weighted by atomic mass is 9.99. The Hall–Kier alpha value is -3.38. The summed E-state index contributed by atoms with van der Waals surface area (Å²) in [6.07, 6.45) is 2.06. The van der Waals surface area contributed by atoms with Crippen LogP contribution in [0.4, 0.5) is 5.69 Å². The van der Waals surface area contributed by atoms with Gasteiger partial charge in [0.15, 0.2) is 0 Å². The first kappa shape index (κ1) is 18.6. The molecular formula is C24H21N3O2S. The van der Waals surface area contributed by atoms with E-state index in [-0.39, 0.29) is 11.9 Å². The number of pyridine rings is 1. The number of nitrogens with two attached hydrogens (primary N) is 1. The number of fused-ring (bicyclic) bond motifs is 1. The van der Waals surface area contributed by atoms with Gasteiger partial charge >= 0.3 is 0 Å². The second-order valence-electron chi connectivity index (χ2n) is 7.42. The van der Waals surface area contributed by atoms with E-state index in [0.29, 0.717) is 10.6 Å². The normalized spacial score (nSPS) is 13.4. The van der Waals surface area contributed by atoms with Crippen molar-refractivity contribution in [2.75, 3.05) is 12.8 Å². The van der Waals surface area contributed by atoms with Crippen molar-refractivity contribution in [3.63, 3.8) is 0 Å². The molecule has 1 aliphatic rings. The molecule has 2 aromatic heterocycles. The van der Waals surface area contributed by atoms with E-state index in [4.69, 9.17) is 15.5 Å². The van der Waals surface area contributed by atoms with Crippen LogP contribution in [-0.2, 0) is 0 Å². The molecule has 1 amide bonds. The van der Waals surface area contributed by atoms with Crippen LogP contribution in [0.5, 0.6) is 5.75 Å². The molecule has 150 valence electrons. The Morgan fingerprint density at radius 2 is 1.83 bits per heavy atom. The third-order valence-electron chi connectivity index (χ3n) is 5.29. The number of nitrogens with one attached hydrogen (secondary N) is 1. The van der Waals surface area contributed by atoms with E-state index < -0.39 is 0 Å². The Kier molecular flexibility index (Phi) is 4.64. The van der Waals surface area contributed by atoms with Crippen molar-refractivity contribution in [3.05, 3.63) is 65.5 Å². The Labute approximate surface area is 178 Å². The monoisotopic (exact) mass is 415 g/mol. The number of carbonyl (C=O) groups excluding carboxylic acids is 1. The van der Waals surface area contributed by atoms with E-state index in [1.165, 1.54) is 11.3 Å². The summed E-state index contributed by atoms with van der Waals surface area (Å²) in [5.74, 6) is 0.676. The first-order valence-corrected chi connectivity index (χ1v) is 10.7. The van der Waals surface area contributed by atoms with Crippen molar-refractivity contribution in [2.45, 2.75) is 18.9 Å². The summed E-state index contributed by atoms with van der Waals surface area (Å²) < 4.78 is 5.30. The standard InChI is InChI=1S/C24H21N3O2S/c1-29-17-11-7-14(8-12-17)18-13-19(15-5-3-2-4-6-15)27-24-20(18)21(25)22(30-24)23(28)26-16-9-10-16/h2-8,11-13,16H,9-10,25H2,1H3,(H,26,28). The molecular weight excluding hydrogens is 394 g/mol. The quantitative estimate of drug-likeness (QED) is 0.475. The van der Waals surface area contributed by atoms with Crippen molar-refractivity contribution >= 4 is 33.1 Å². The molecule has 2 aromatic carbocycles. The highest BCUT2D eigenvalue weighted by molar-refractivity contribution is 7.21. The molecule has 0 bridgehead atoms. The number of nitrogens with zero attached hydrogens (tertiary/aromatic N) is 1. The van der Waals surface area contributed by atoms with Gasteiger partial charge in [0.2, 0.25) is 0 Å². The van der Waals surface area contributed by atoms with Gasteiger partial charge in [0, 0.05) is 17.0 Å².